The number of sulfonamides is 1. The van der Waals surface area contributed by atoms with Crippen LogP contribution in [0.3, 0.4) is 0 Å². The lowest BCUT2D eigenvalue weighted by Gasteiger charge is -2.12. The maximum atomic E-state index is 11.8. The van der Waals surface area contributed by atoms with Crippen molar-refractivity contribution < 1.29 is 13.2 Å². The lowest BCUT2D eigenvalue weighted by Crippen LogP contribution is -2.18. The van der Waals surface area contributed by atoms with Gasteiger partial charge in [-0.2, -0.15) is 0 Å². The summed E-state index contributed by atoms with van der Waals surface area (Å²) in [7, 11) is -1.80. The number of ether oxygens (including phenoxy) is 1. The van der Waals surface area contributed by atoms with Crippen LogP contribution in [0.5, 0.6) is 0 Å². The second kappa shape index (κ2) is 6.06. The molecule has 1 rings (SSSR count). The fourth-order valence-electron chi connectivity index (χ4n) is 1.59. The van der Waals surface area contributed by atoms with Gasteiger partial charge in [0.25, 0.3) is 0 Å². The monoisotopic (exact) mass is 272 g/mol. The molecule has 102 valence electrons. The third-order valence-electron chi connectivity index (χ3n) is 2.64. The largest absolute Gasteiger partial charge is 0.398 e. The molecule has 0 bridgehead atoms. The zero-order valence-corrected chi connectivity index (χ0v) is 11.8. The normalized spacial score (nSPS) is 11.5. The molecule has 0 atom stereocenters. The predicted molar refractivity (Wildman–Crippen MR) is 74.2 cm³/mol. The van der Waals surface area contributed by atoms with Crippen LogP contribution in [0.15, 0.2) is 12.1 Å². The summed E-state index contributed by atoms with van der Waals surface area (Å²) in [5.74, 6) is 0.0358. The van der Waals surface area contributed by atoms with Crippen LogP contribution in [0, 0.1) is 13.8 Å². The highest BCUT2D eigenvalue weighted by Gasteiger charge is 2.12. The molecule has 0 aliphatic rings. The molecule has 5 nitrogen and oxygen atoms in total. The van der Waals surface area contributed by atoms with Gasteiger partial charge < -0.3 is 10.5 Å². The van der Waals surface area contributed by atoms with Crippen molar-refractivity contribution in [1.29, 1.82) is 0 Å². The summed E-state index contributed by atoms with van der Waals surface area (Å²) in [6.45, 7) is 4.16. The molecule has 0 fully saturated rings. The average Bonchev–Trinajstić information content (AvgIpc) is 2.26. The highest BCUT2D eigenvalue weighted by atomic mass is 32.2. The molecule has 18 heavy (non-hydrogen) atoms. The Kier molecular flexibility index (Phi) is 4.98. The molecule has 3 N–H and O–H groups in total. The van der Waals surface area contributed by atoms with E-state index >= 15 is 0 Å². The van der Waals surface area contributed by atoms with Crippen LogP contribution >= 0.6 is 0 Å². The van der Waals surface area contributed by atoms with E-state index in [1.807, 2.05) is 19.9 Å². The Balaban J connectivity index is 2.81. The third kappa shape index (κ3) is 4.19. The topological polar surface area (TPSA) is 81.4 Å². The Morgan fingerprint density at radius 1 is 1.28 bits per heavy atom. The Labute approximate surface area is 108 Å². The average molecular weight is 272 g/mol. The summed E-state index contributed by atoms with van der Waals surface area (Å²) < 4.78 is 31.0. The molecule has 1 aromatic rings. The molecule has 0 heterocycles. The number of anilines is 2. The van der Waals surface area contributed by atoms with E-state index in [0.717, 1.165) is 11.1 Å². The van der Waals surface area contributed by atoms with Gasteiger partial charge in [-0.3, -0.25) is 4.72 Å². The van der Waals surface area contributed by atoms with Crippen molar-refractivity contribution in [3.63, 3.8) is 0 Å². The maximum absolute atomic E-state index is 11.8. The number of hydrogen-bond donors (Lipinski definition) is 2. The first-order valence-electron chi connectivity index (χ1n) is 5.72. The Hall–Kier alpha value is -1.27. The molecule has 0 aliphatic heterocycles. The fourth-order valence-corrected chi connectivity index (χ4v) is 2.75. The van der Waals surface area contributed by atoms with E-state index in [4.69, 9.17) is 10.5 Å². The molecule has 0 amide bonds. The zero-order chi connectivity index (χ0) is 13.8. The van der Waals surface area contributed by atoms with Crippen molar-refractivity contribution in [2.75, 3.05) is 29.9 Å². The lowest BCUT2D eigenvalue weighted by atomic mass is 10.1. The van der Waals surface area contributed by atoms with E-state index in [1.54, 1.807) is 13.2 Å². The smallest absolute Gasteiger partial charge is 0.232 e. The first-order chi connectivity index (χ1) is 8.35. The van der Waals surface area contributed by atoms with Gasteiger partial charge in [0, 0.05) is 19.4 Å². The van der Waals surface area contributed by atoms with Crippen LogP contribution < -0.4 is 10.5 Å². The SMILES string of the molecule is COCCCS(=O)(=O)Nc1cc(N)c(C)cc1C. The molecule has 0 unspecified atom stereocenters. The number of aryl methyl sites for hydroxylation is 2. The van der Waals surface area contributed by atoms with Crippen molar-refractivity contribution in [1.82, 2.24) is 0 Å². The van der Waals surface area contributed by atoms with E-state index in [0.29, 0.717) is 24.4 Å². The number of nitrogens with one attached hydrogen (secondary N) is 1. The second-order valence-electron chi connectivity index (χ2n) is 4.29. The summed E-state index contributed by atoms with van der Waals surface area (Å²) in [4.78, 5) is 0. The van der Waals surface area contributed by atoms with Crippen LogP contribution in [-0.2, 0) is 14.8 Å². The van der Waals surface area contributed by atoms with Crippen LogP contribution in [0.4, 0.5) is 11.4 Å². The quantitative estimate of drug-likeness (QED) is 0.609. The zero-order valence-electron chi connectivity index (χ0n) is 11.0. The summed E-state index contributed by atoms with van der Waals surface area (Å²) >= 11 is 0. The number of nitrogen functional groups attached to an aromatic ring is 1. The summed E-state index contributed by atoms with van der Waals surface area (Å²) in [6, 6.07) is 3.51. The second-order valence-corrected chi connectivity index (χ2v) is 6.13. The Bertz CT molecular complexity index is 512. The molecule has 0 radical (unpaired) electrons. The minimum Gasteiger partial charge on any atom is -0.398 e. The van der Waals surface area contributed by atoms with Gasteiger partial charge in [-0.15, -0.1) is 0 Å². The van der Waals surface area contributed by atoms with Gasteiger partial charge >= 0.3 is 0 Å². The van der Waals surface area contributed by atoms with E-state index in [2.05, 4.69) is 4.72 Å². The third-order valence-corrected chi connectivity index (χ3v) is 4.00. The van der Waals surface area contributed by atoms with Crippen LogP contribution in [-0.4, -0.2) is 27.9 Å². The molecule has 0 aromatic heterocycles. The van der Waals surface area contributed by atoms with Gasteiger partial charge in [0.2, 0.25) is 10.0 Å². The van der Waals surface area contributed by atoms with Crippen molar-refractivity contribution in [3.05, 3.63) is 23.3 Å². The Morgan fingerprint density at radius 2 is 1.94 bits per heavy atom. The van der Waals surface area contributed by atoms with Crippen molar-refractivity contribution in [2.24, 2.45) is 0 Å². The van der Waals surface area contributed by atoms with Gasteiger partial charge in [0.05, 0.1) is 11.4 Å². The number of nitrogens with two attached hydrogens (primary N) is 1. The van der Waals surface area contributed by atoms with Gasteiger partial charge in [-0.25, -0.2) is 8.42 Å². The van der Waals surface area contributed by atoms with Gasteiger partial charge in [-0.1, -0.05) is 6.07 Å². The fraction of sp³-hybridized carbons (Fsp3) is 0.500. The minimum atomic E-state index is -3.34. The van der Waals surface area contributed by atoms with Crippen molar-refractivity contribution in [3.8, 4) is 0 Å². The van der Waals surface area contributed by atoms with Crippen LogP contribution in [0.1, 0.15) is 17.5 Å². The molecular formula is C12H20N2O3S. The lowest BCUT2D eigenvalue weighted by molar-refractivity contribution is 0.199. The Morgan fingerprint density at radius 3 is 2.56 bits per heavy atom. The highest BCUT2D eigenvalue weighted by molar-refractivity contribution is 7.92. The van der Waals surface area contributed by atoms with Gasteiger partial charge in [-0.05, 0) is 37.5 Å². The molecular weight excluding hydrogens is 252 g/mol. The number of rotatable bonds is 6. The first kappa shape index (κ1) is 14.8. The van der Waals surface area contributed by atoms with E-state index < -0.39 is 10.0 Å². The minimum absolute atomic E-state index is 0.0358. The van der Waals surface area contributed by atoms with Gasteiger partial charge in [0.1, 0.15) is 0 Å². The molecule has 0 aliphatic carbocycles. The number of benzene rings is 1. The van der Waals surface area contributed by atoms with E-state index in [-0.39, 0.29) is 5.75 Å². The van der Waals surface area contributed by atoms with Crippen molar-refractivity contribution >= 4 is 21.4 Å². The molecule has 0 spiro atoms. The summed E-state index contributed by atoms with van der Waals surface area (Å²) in [5, 5.41) is 0. The number of methoxy groups -OCH3 is 1. The molecule has 0 saturated carbocycles. The van der Waals surface area contributed by atoms with Crippen LogP contribution in [0.2, 0.25) is 0 Å². The summed E-state index contributed by atoms with van der Waals surface area (Å²) in [6.07, 6.45) is 0.465. The maximum Gasteiger partial charge on any atom is 0.232 e. The summed E-state index contributed by atoms with van der Waals surface area (Å²) in [5.41, 5.74) is 8.69. The van der Waals surface area contributed by atoms with E-state index in [9.17, 15) is 8.42 Å². The standard InChI is InChI=1S/C12H20N2O3S/c1-9-7-10(2)12(8-11(9)13)14-18(15,16)6-4-5-17-3/h7-8,14H,4-6,13H2,1-3H3. The number of hydrogen-bond acceptors (Lipinski definition) is 4. The predicted octanol–water partition coefficient (Wildman–Crippen LogP) is 1.66. The highest BCUT2D eigenvalue weighted by Crippen LogP contribution is 2.23. The molecule has 6 heteroatoms. The first-order valence-corrected chi connectivity index (χ1v) is 7.37. The van der Waals surface area contributed by atoms with Gasteiger partial charge in [0.15, 0.2) is 0 Å². The van der Waals surface area contributed by atoms with E-state index in [1.165, 1.54) is 0 Å². The molecule has 1 aromatic carbocycles. The molecule has 0 saturated heterocycles. The van der Waals surface area contributed by atoms with Crippen molar-refractivity contribution in [2.45, 2.75) is 20.3 Å². The van der Waals surface area contributed by atoms with Crippen LogP contribution in [0.25, 0.3) is 0 Å².